The molecular formula is C43H35N3O2. The van der Waals surface area contributed by atoms with Gasteiger partial charge in [-0.15, -0.1) is 0 Å². The van der Waals surface area contributed by atoms with E-state index >= 15 is 0 Å². The van der Waals surface area contributed by atoms with Crippen LogP contribution >= 0.6 is 0 Å². The van der Waals surface area contributed by atoms with E-state index in [0.29, 0.717) is 11.7 Å². The lowest BCUT2D eigenvalue weighted by Crippen LogP contribution is -2.33. The molecule has 0 N–H and O–H groups in total. The molecule has 5 nitrogen and oxygen atoms in total. The number of oxazole rings is 1. The van der Waals surface area contributed by atoms with E-state index in [4.69, 9.17) is 23.8 Å². The van der Waals surface area contributed by atoms with Crippen molar-refractivity contribution in [2.45, 2.75) is 51.4 Å². The SMILES string of the molecule is CC1(C)CCC(C)(C)c2cc(-c3nc(-c4ccc(-c5nc6ccccc6o5)cc4)cc(-c4cccc5c4oc4ccccc45)n3)ccc21. The highest BCUT2D eigenvalue weighted by molar-refractivity contribution is 6.09. The van der Waals surface area contributed by atoms with Gasteiger partial charge in [0.25, 0.3) is 0 Å². The van der Waals surface area contributed by atoms with E-state index in [1.54, 1.807) is 0 Å². The van der Waals surface area contributed by atoms with Crippen molar-refractivity contribution >= 4 is 33.0 Å². The van der Waals surface area contributed by atoms with Crippen LogP contribution in [0, 0.1) is 0 Å². The van der Waals surface area contributed by atoms with E-state index < -0.39 is 0 Å². The highest BCUT2D eigenvalue weighted by atomic mass is 16.3. The predicted molar refractivity (Wildman–Crippen MR) is 194 cm³/mol. The van der Waals surface area contributed by atoms with Crippen molar-refractivity contribution < 1.29 is 8.83 Å². The fraction of sp³-hybridized carbons (Fsp3) is 0.186. The molecule has 3 aromatic heterocycles. The Hall–Kier alpha value is -5.55. The summed E-state index contributed by atoms with van der Waals surface area (Å²) in [7, 11) is 0. The first-order chi connectivity index (χ1) is 23.2. The molecule has 3 heterocycles. The van der Waals surface area contributed by atoms with Crippen molar-refractivity contribution in [3.63, 3.8) is 0 Å². The van der Waals surface area contributed by atoms with Gasteiger partial charge in [-0.1, -0.05) is 94.4 Å². The molecule has 1 aliphatic rings. The van der Waals surface area contributed by atoms with Crippen LogP contribution in [-0.2, 0) is 10.8 Å². The van der Waals surface area contributed by atoms with Crippen LogP contribution in [0.3, 0.4) is 0 Å². The first kappa shape index (κ1) is 28.7. The Morgan fingerprint density at radius 1 is 0.521 bits per heavy atom. The Kier molecular flexibility index (Phi) is 6.26. The number of hydrogen-bond donors (Lipinski definition) is 0. The van der Waals surface area contributed by atoms with Gasteiger partial charge in [-0.05, 0) is 83.3 Å². The fourth-order valence-corrected chi connectivity index (χ4v) is 7.32. The molecule has 9 rings (SSSR count). The van der Waals surface area contributed by atoms with Crippen LogP contribution in [0.4, 0.5) is 0 Å². The van der Waals surface area contributed by atoms with Gasteiger partial charge in [0.05, 0.1) is 11.4 Å². The van der Waals surface area contributed by atoms with E-state index in [1.165, 1.54) is 17.5 Å². The van der Waals surface area contributed by atoms with E-state index in [2.05, 4.69) is 88.4 Å². The Morgan fingerprint density at radius 2 is 1.19 bits per heavy atom. The summed E-state index contributed by atoms with van der Waals surface area (Å²) in [6.45, 7) is 9.42. The smallest absolute Gasteiger partial charge is 0.227 e. The molecule has 0 radical (unpaired) electrons. The van der Waals surface area contributed by atoms with Gasteiger partial charge in [0.15, 0.2) is 11.4 Å². The van der Waals surface area contributed by atoms with E-state index in [1.807, 2.05) is 54.6 Å². The Labute approximate surface area is 279 Å². The molecule has 0 atom stereocenters. The first-order valence-electron chi connectivity index (χ1n) is 16.7. The molecule has 0 bridgehead atoms. The second-order valence-corrected chi connectivity index (χ2v) is 14.3. The molecule has 0 aliphatic heterocycles. The molecule has 234 valence electrons. The average Bonchev–Trinajstić information content (AvgIpc) is 3.72. The van der Waals surface area contributed by atoms with Gasteiger partial charge in [-0.2, -0.15) is 0 Å². The lowest BCUT2D eigenvalue weighted by atomic mass is 9.63. The second-order valence-electron chi connectivity index (χ2n) is 14.3. The third-order valence-corrected chi connectivity index (χ3v) is 10.2. The first-order valence-corrected chi connectivity index (χ1v) is 16.7. The topological polar surface area (TPSA) is 65.0 Å². The minimum atomic E-state index is 0.0711. The molecule has 8 aromatic rings. The number of aromatic nitrogens is 3. The molecule has 0 saturated carbocycles. The quantitative estimate of drug-likeness (QED) is 0.195. The van der Waals surface area contributed by atoms with Gasteiger partial charge in [0.1, 0.15) is 16.7 Å². The summed E-state index contributed by atoms with van der Waals surface area (Å²) in [4.78, 5) is 15.2. The van der Waals surface area contributed by atoms with Gasteiger partial charge in [-0.25, -0.2) is 15.0 Å². The highest BCUT2D eigenvalue weighted by Gasteiger charge is 2.37. The van der Waals surface area contributed by atoms with Gasteiger partial charge in [0, 0.05) is 33.0 Å². The summed E-state index contributed by atoms with van der Waals surface area (Å²) in [6, 6.07) is 39.5. The molecule has 0 fully saturated rings. The van der Waals surface area contributed by atoms with Crippen LogP contribution in [-0.4, -0.2) is 15.0 Å². The van der Waals surface area contributed by atoms with Crippen LogP contribution in [0.25, 0.3) is 78.4 Å². The molecule has 0 amide bonds. The highest BCUT2D eigenvalue weighted by Crippen LogP contribution is 2.47. The number of benzene rings is 5. The molecule has 5 heteroatoms. The summed E-state index contributed by atoms with van der Waals surface area (Å²) in [5.74, 6) is 1.29. The maximum absolute atomic E-state index is 6.47. The lowest BCUT2D eigenvalue weighted by Gasteiger charge is -2.42. The predicted octanol–water partition coefficient (Wildman–Crippen LogP) is 11.5. The van der Waals surface area contributed by atoms with E-state index in [9.17, 15) is 0 Å². The zero-order valence-electron chi connectivity index (χ0n) is 27.5. The van der Waals surface area contributed by atoms with Crippen molar-refractivity contribution in [3.8, 4) is 45.4 Å². The fourth-order valence-electron chi connectivity index (χ4n) is 7.32. The van der Waals surface area contributed by atoms with Crippen LogP contribution in [0.2, 0.25) is 0 Å². The van der Waals surface area contributed by atoms with E-state index in [-0.39, 0.29) is 10.8 Å². The zero-order chi connectivity index (χ0) is 32.6. The lowest BCUT2D eigenvalue weighted by molar-refractivity contribution is 0.332. The molecule has 1 aliphatic carbocycles. The van der Waals surface area contributed by atoms with Crippen molar-refractivity contribution in [3.05, 3.63) is 126 Å². The molecular weight excluding hydrogens is 590 g/mol. The number of fused-ring (bicyclic) bond motifs is 5. The minimum absolute atomic E-state index is 0.0711. The zero-order valence-corrected chi connectivity index (χ0v) is 27.5. The molecule has 0 spiro atoms. The summed E-state index contributed by atoms with van der Waals surface area (Å²) >= 11 is 0. The van der Waals surface area contributed by atoms with Crippen LogP contribution in [0.15, 0.2) is 124 Å². The Bertz CT molecular complexity index is 2480. The van der Waals surface area contributed by atoms with Gasteiger partial charge >= 0.3 is 0 Å². The number of furan rings is 1. The second kappa shape index (κ2) is 10.5. The standard InChI is InChI=1S/C43H35N3O2/c1-42(2)22-23-43(3,4)33-24-28(20-21-32(33)42)40-44-35(26-16-18-27(19-17-26)41-46-34-13-6-8-15-38(34)48-41)25-36(45-40)31-12-9-11-30-29-10-5-7-14-37(29)47-39(30)31/h5-21,24-25H,22-23H2,1-4H3. The minimum Gasteiger partial charge on any atom is -0.455 e. The largest absolute Gasteiger partial charge is 0.455 e. The van der Waals surface area contributed by atoms with Crippen LogP contribution in [0.1, 0.15) is 51.7 Å². The van der Waals surface area contributed by atoms with E-state index in [0.717, 1.165) is 73.1 Å². The summed E-state index contributed by atoms with van der Waals surface area (Å²) in [5, 5.41) is 2.17. The van der Waals surface area contributed by atoms with Crippen molar-refractivity contribution in [1.82, 2.24) is 15.0 Å². The maximum Gasteiger partial charge on any atom is 0.227 e. The van der Waals surface area contributed by atoms with Crippen molar-refractivity contribution in [1.29, 1.82) is 0 Å². The van der Waals surface area contributed by atoms with Gasteiger partial charge in [0.2, 0.25) is 5.89 Å². The third kappa shape index (κ3) is 4.64. The summed E-state index contributed by atoms with van der Waals surface area (Å²) < 4.78 is 12.5. The molecule has 5 aromatic carbocycles. The third-order valence-electron chi connectivity index (χ3n) is 10.2. The monoisotopic (exact) mass is 625 g/mol. The summed E-state index contributed by atoms with van der Waals surface area (Å²) in [5.41, 5.74) is 11.8. The normalized spacial score (nSPS) is 15.2. The maximum atomic E-state index is 6.47. The van der Waals surface area contributed by atoms with Crippen molar-refractivity contribution in [2.75, 3.05) is 0 Å². The molecule has 48 heavy (non-hydrogen) atoms. The van der Waals surface area contributed by atoms with Gasteiger partial charge < -0.3 is 8.83 Å². The Balaban J connectivity index is 1.22. The summed E-state index contributed by atoms with van der Waals surface area (Å²) in [6.07, 6.45) is 2.31. The number of rotatable bonds is 4. The van der Waals surface area contributed by atoms with Crippen molar-refractivity contribution in [2.24, 2.45) is 0 Å². The van der Waals surface area contributed by atoms with Gasteiger partial charge in [-0.3, -0.25) is 0 Å². The Morgan fingerprint density at radius 3 is 2.00 bits per heavy atom. The number of para-hydroxylation sites is 4. The molecule has 0 unspecified atom stereocenters. The van der Waals surface area contributed by atoms with Crippen LogP contribution in [0.5, 0.6) is 0 Å². The number of hydrogen-bond acceptors (Lipinski definition) is 5. The average molecular weight is 626 g/mol. The van der Waals surface area contributed by atoms with Crippen LogP contribution < -0.4 is 0 Å². The number of nitrogens with zero attached hydrogens (tertiary/aromatic N) is 3. The molecule has 0 saturated heterocycles.